The van der Waals surface area contributed by atoms with Crippen LogP contribution in [0.2, 0.25) is 0 Å². The van der Waals surface area contributed by atoms with Gasteiger partial charge in [0.25, 0.3) is 0 Å². The number of halogens is 1. The molecule has 0 saturated carbocycles. The summed E-state index contributed by atoms with van der Waals surface area (Å²) in [5.74, 6) is 0. The fourth-order valence-corrected chi connectivity index (χ4v) is 6.09. The Morgan fingerprint density at radius 2 is 0.895 bits per heavy atom. The molecule has 0 aliphatic heterocycles. The van der Waals surface area contributed by atoms with Gasteiger partial charge in [0.1, 0.15) is 0 Å². The van der Waals surface area contributed by atoms with Gasteiger partial charge in [-0.3, -0.25) is 0 Å². The van der Waals surface area contributed by atoms with E-state index in [2.05, 4.69) is 27.7 Å². The summed E-state index contributed by atoms with van der Waals surface area (Å²) in [5, 5.41) is 0. The van der Waals surface area contributed by atoms with Crippen LogP contribution < -0.4 is 17.0 Å². The number of hydrogen-bond acceptors (Lipinski definition) is 0. The van der Waals surface area contributed by atoms with E-state index >= 15 is 0 Å². The molecule has 0 fully saturated rings. The molecule has 0 aromatic rings. The third-order valence-corrected chi connectivity index (χ3v) is 10.0. The van der Waals surface area contributed by atoms with Crippen molar-refractivity contribution in [2.24, 2.45) is 0 Å². The highest BCUT2D eigenvalue weighted by Crippen LogP contribution is 2.58. The molecule has 0 aromatic heterocycles. The van der Waals surface area contributed by atoms with Crippen LogP contribution in [-0.2, 0) is 0 Å². The summed E-state index contributed by atoms with van der Waals surface area (Å²) >= 11 is 0. The smallest absolute Gasteiger partial charge is 0.0594 e. The van der Waals surface area contributed by atoms with E-state index in [-0.39, 0.29) is 17.0 Å². The Bertz CT molecular complexity index is 158. The van der Waals surface area contributed by atoms with E-state index in [0.29, 0.717) is 0 Å². The zero-order valence-electron chi connectivity index (χ0n) is 14.0. The van der Waals surface area contributed by atoms with Crippen LogP contribution in [0.15, 0.2) is 0 Å². The molecule has 0 nitrogen and oxygen atoms in total. The van der Waals surface area contributed by atoms with Crippen LogP contribution in [0.25, 0.3) is 0 Å². The third kappa shape index (κ3) is 11.3. The Morgan fingerprint density at radius 1 is 0.526 bits per heavy atom. The highest BCUT2D eigenvalue weighted by molar-refractivity contribution is 7.75. The summed E-state index contributed by atoms with van der Waals surface area (Å²) in [4.78, 5) is 0. The lowest BCUT2D eigenvalue weighted by atomic mass is 10.1. The van der Waals surface area contributed by atoms with Gasteiger partial charge in [0.2, 0.25) is 0 Å². The lowest BCUT2D eigenvalue weighted by molar-refractivity contribution is -0.00000421. The minimum absolute atomic E-state index is 0. The molecule has 0 N–H and O–H groups in total. The van der Waals surface area contributed by atoms with Gasteiger partial charge in [-0.15, -0.1) is 0 Å². The molecule has 0 saturated heterocycles. The quantitative estimate of drug-likeness (QED) is 0.351. The first-order valence-electron chi connectivity index (χ1n) is 8.59. The Balaban J connectivity index is 0. The molecular weight excluding hydrogens is 315 g/mol. The van der Waals surface area contributed by atoms with Crippen molar-refractivity contribution in [3.05, 3.63) is 0 Å². The van der Waals surface area contributed by atoms with E-state index in [1.54, 1.807) is 6.16 Å². The second-order valence-corrected chi connectivity index (χ2v) is 10.9. The molecular formula is C17H38BrP. The zero-order valence-corrected chi connectivity index (χ0v) is 16.5. The Hall–Kier alpha value is 0.910. The van der Waals surface area contributed by atoms with Gasteiger partial charge in [0.15, 0.2) is 0 Å². The first kappa shape index (κ1) is 22.2. The molecule has 0 atom stereocenters. The van der Waals surface area contributed by atoms with Crippen molar-refractivity contribution in [1.29, 1.82) is 0 Å². The lowest BCUT2D eigenvalue weighted by Gasteiger charge is -2.23. The Morgan fingerprint density at radius 3 is 1.26 bits per heavy atom. The van der Waals surface area contributed by atoms with Crippen molar-refractivity contribution in [2.45, 2.75) is 85.5 Å². The maximum atomic E-state index is 2.43. The highest BCUT2D eigenvalue weighted by atomic mass is 79.9. The predicted molar refractivity (Wildman–Crippen MR) is 90.6 cm³/mol. The summed E-state index contributed by atoms with van der Waals surface area (Å²) in [6.45, 7) is 9.57. The van der Waals surface area contributed by atoms with Crippen LogP contribution >= 0.6 is 7.26 Å². The van der Waals surface area contributed by atoms with Crippen molar-refractivity contribution in [2.75, 3.05) is 24.6 Å². The first-order valence-corrected chi connectivity index (χ1v) is 11.1. The van der Waals surface area contributed by atoms with E-state index in [0.717, 1.165) is 0 Å². The molecule has 2 heteroatoms. The standard InChI is InChI=1S/C17H38P.BrH/c1-5-9-10-11-12-13-14-15-16-17-18(6-2,7-3)8-4;/h5-17H2,1-4H3;1H/q+1;/p-1. The second kappa shape index (κ2) is 15.3. The Kier molecular flexibility index (Phi) is 17.9. The van der Waals surface area contributed by atoms with E-state index in [1.165, 1.54) is 76.3 Å². The van der Waals surface area contributed by atoms with Crippen molar-refractivity contribution >= 4 is 7.26 Å². The van der Waals surface area contributed by atoms with Crippen LogP contribution in [0.1, 0.15) is 85.5 Å². The summed E-state index contributed by atoms with van der Waals surface area (Å²) in [6, 6.07) is 0. The maximum absolute atomic E-state index is 2.43. The number of unbranched alkanes of at least 4 members (excludes halogenated alkanes) is 8. The van der Waals surface area contributed by atoms with Crippen LogP contribution in [0.5, 0.6) is 0 Å². The Labute approximate surface area is 134 Å². The third-order valence-electron chi connectivity index (χ3n) is 4.75. The van der Waals surface area contributed by atoms with Gasteiger partial charge in [0.05, 0.1) is 24.6 Å². The van der Waals surface area contributed by atoms with Gasteiger partial charge in [-0.1, -0.05) is 51.9 Å². The fourth-order valence-electron chi connectivity index (χ4n) is 2.90. The number of rotatable bonds is 13. The van der Waals surface area contributed by atoms with E-state index in [4.69, 9.17) is 0 Å². The predicted octanol–water partition coefficient (Wildman–Crippen LogP) is 3.60. The van der Waals surface area contributed by atoms with Crippen molar-refractivity contribution < 1.29 is 17.0 Å². The molecule has 0 aliphatic carbocycles. The van der Waals surface area contributed by atoms with Gasteiger partial charge in [-0.25, -0.2) is 0 Å². The van der Waals surface area contributed by atoms with E-state index in [9.17, 15) is 0 Å². The molecule has 0 heterocycles. The number of hydrogen-bond donors (Lipinski definition) is 0. The molecule has 0 spiro atoms. The topological polar surface area (TPSA) is 0 Å². The van der Waals surface area contributed by atoms with Gasteiger partial charge in [0, 0.05) is 7.26 Å². The summed E-state index contributed by atoms with van der Waals surface area (Å²) < 4.78 is 0. The van der Waals surface area contributed by atoms with Gasteiger partial charge in [-0.05, 0) is 33.6 Å². The molecule has 0 bridgehead atoms. The molecule has 0 unspecified atom stereocenters. The van der Waals surface area contributed by atoms with E-state index in [1.807, 2.05) is 0 Å². The van der Waals surface area contributed by atoms with Crippen LogP contribution in [0, 0.1) is 0 Å². The largest absolute Gasteiger partial charge is 1.00 e. The molecule has 0 radical (unpaired) electrons. The fraction of sp³-hybridized carbons (Fsp3) is 1.00. The minimum atomic E-state index is -0.509. The molecule has 0 rings (SSSR count). The van der Waals surface area contributed by atoms with Crippen molar-refractivity contribution in [1.82, 2.24) is 0 Å². The minimum Gasteiger partial charge on any atom is -1.00 e. The molecule has 0 aliphatic rings. The van der Waals surface area contributed by atoms with E-state index < -0.39 is 7.26 Å². The SMILES string of the molecule is CCCCCCCCCCC[P+](CC)(CC)CC.[Br-]. The molecule has 0 amide bonds. The lowest BCUT2D eigenvalue weighted by Crippen LogP contribution is -3.00. The second-order valence-electron chi connectivity index (χ2n) is 5.84. The molecule has 0 aromatic carbocycles. The first-order chi connectivity index (χ1) is 8.74. The van der Waals surface area contributed by atoms with Crippen molar-refractivity contribution in [3.8, 4) is 0 Å². The van der Waals surface area contributed by atoms with Crippen LogP contribution in [0.4, 0.5) is 0 Å². The summed E-state index contributed by atoms with van der Waals surface area (Å²) in [7, 11) is -0.509. The maximum Gasteiger partial charge on any atom is 0.0594 e. The van der Waals surface area contributed by atoms with Gasteiger partial charge in [-0.2, -0.15) is 0 Å². The molecule has 118 valence electrons. The highest BCUT2D eigenvalue weighted by Gasteiger charge is 2.29. The summed E-state index contributed by atoms with van der Waals surface area (Å²) in [6.07, 6.45) is 19.2. The van der Waals surface area contributed by atoms with Crippen LogP contribution in [-0.4, -0.2) is 24.6 Å². The average molecular weight is 353 g/mol. The van der Waals surface area contributed by atoms with Crippen LogP contribution in [0.3, 0.4) is 0 Å². The normalized spacial score (nSPS) is 11.4. The molecule has 19 heavy (non-hydrogen) atoms. The monoisotopic (exact) mass is 352 g/mol. The van der Waals surface area contributed by atoms with Gasteiger partial charge >= 0.3 is 0 Å². The zero-order chi connectivity index (χ0) is 13.7. The van der Waals surface area contributed by atoms with Gasteiger partial charge < -0.3 is 17.0 Å². The average Bonchev–Trinajstić information content (AvgIpc) is 2.42. The van der Waals surface area contributed by atoms with Crippen molar-refractivity contribution in [3.63, 3.8) is 0 Å². The summed E-state index contributed by atoms with van der Waals surface area (Å²) in [5.41, 5.74) is 0.